The van der Waals surface area contributed by atoms with Crippen LogP contribution in [0.15, 0.2) is 24.3 Å². The van der Waals surface area contributed by atoms with E-state index in [1.165, 1.54) is 82.3 Å². The van der Waals surface area contributed by atoms with Gasteiger partial charge in [-0.3, -0.25) is 4.90 Å². The van der Waals surface area contributed by atoms with Crippen molar-refractivity contribution in [3.63, 3.8) is 0 Å². The molecule has 2 fully saturated rings. The van der Waals surface area contributed by atoms with Gasteiger partial charge < -0.3 is 4.90 Å². The second-order valence-electron chi connectivity index (χ2n) is 8.57. The standard InChI is InChI=1S/C23H38N2/c1-3-20-7-9-23(10-8-20)19-25-17-13-22(14-18-25)6-4-5-21-11-15-24(2)16-12-21/h7-10,21-22H,3-6,11-19H2,1-2H3. The molecule has 25 heavy (non-hydrogen) atoms. The largest absolute Gasteiger partial charge is 0.306 e. The van der Waals surface area contributed by atoms with Gasteiger partial charge in [-0.25, -0.2) is 0 Å². The molecule has 0 radical (unpaired) electrons. The van der Waals surface area contributed by atoms with Crippen molar-refractivity contribution in [1.82, 2.24) is 9.80 Å². The van der Waals surface area contributed by atoms with Gasteiger partial charge in [-0.1, -0.05) is 50.5 Å². The number of nitrogens with zero attached hydrogens (tertiary/aromatic N) is 2. The minimum atomic E-state index is 0.991. The molecule has 2 saturated heterocycles. The van der Waals surface area contributed by atoms with Gasteiger partial charge in [0.15, 0.2) is 0 Å². The van der Waals surface area contributed by atoms with E-state index in [9.17, 15) is 0 Å². The van der Waals surface area contributed by atoms with Crippen molar-refractivity contribution in [2.75, 3.05) is 33.2 Å². The van der Waals surface area contributed by atoms with E-state index in [1.807, 2.05) is 0 Å². The molecule has 1 aromatic rings. The van der Waals surface area contributed by atoms with Crippen molar-refractivity contribution < 1.29 is 0 Å². The second-order valence-corrected chi connectivity index (χ2v) is 8.57. The highest BCUT2D eigenvalue weighted by molar-refractivity contribution is 5.22. The summed E-state index contributed by atoms with van der Waals surface area (Å²) in [5.41, 5.74) is 2.94. The first-order valence-corrected chi connectivity index (χ1v) is 10.7. The van der Waals surface area contributed by atoms with Gasteiger partial charge in [0.2, 0.25) is 0 Å². The smallest absolute Gasteiger partial charge is 0.0233 e. The molecule has 0 saturated carbocycles. The molecule has 2 nitrogen and oxygen atoms in total. The van der Waals surface area contributed by atoms with Crippen molar-refractivity contribution >= 4 is 0 Å². The van der Waals surface area contributed by atoms with E-state index in [0.717, 1.165) is 24.8 Å². The average molecular weight is 343 g/mol. The van der Waals surface area contributed by atoms with Crippen LogP contribution in [0.3, 0.4) is 0 Å². The Labute approximate surface area is 155 Å². The molecule has 2 aliphatic heterocycles. The lowest BCUT2D eigenvalue weighted by Gasteiger charge is -2.33. The molecule has 0 atom stereocenters. The minimum absolute atomic E-state index is 0.991. The number of hydrogen-bond acceptors (Lipinski definition) is 2. The van der Waals surface area contributed by atoms with E-state index in [2.05, 4.69) is 48.0 Å². The van der Waals surface area contributed by atoms with E-state index >= 15 is 0 Å². The molecule has 2 aliphatic rings. The summed E-state index contributed by atoms with van der Waals surface area (Å²) < 4.78 is 0. The Bertz CT molecular complexity index is 479. The van der Waals surface area contributed by atoms with Gasteiger partial charge in [-0.15, -0.1) is 0 Å². The maximum absolute atomic E-state index is 2.66. The molecular weight excluding hydrogens is 304 g/mol. The highest BCUT2D eigenvalue weighted by atomic mass is 15.1. The first-order chi connectivity index (χ1) is 12.2. The summed E-state index contributed by atoms with van der Waals surface area (Å²) in [4.78, 5) is 5.15. The summed E-state index contributed by atoms with van der Waals surface area (Å²) in [6.45, 7) is 8.62. The van der Waals surface area contributed by atoms with Gasteiger partial charge in [0.1, 0.15) is 0 Å². The Morgan fingerprint density at radius 2 is 1.32 bits per heavy atom. The number of hydrogen-bond donors (Lipinski definition) is 0. The second kappa shape index (κ2) is 9.73. The van der Waals surface area contributed by atoms with E-state index in [4.69, 9.17) is 0 Å². The minimum Gasteiger partial charge on any atom is -0.306 e. The van der Waals surface area contributed by atoms with E-state index < -0.39 is 0 Å². The molecule has 0 bridgehead atoms. The Morgan fingerprint density at radius 1 is 0.800 bits per heavy atom. The fourth-order valence-electron chi connectivity index (χ4n) is 4.62. The summed E-state index contributed by atoms with van der Waals surface area (Å²) in [5.74, 6) is 2.01. The molecule has 0 N–H and O–H groups in total. The number of benzene rings is 1. The first kappa shape index (κ1) is 18.9. The van der Waals surface area contributed by atoms with E-state index in [-0.39, 0.29) is 0 Å². The Balaban J connectivity index is 1.30. The van der Waals surface area contributed by atoms with E-state index in [1.54, 1.807) is 0 Å². The average Bonchev–Trinajstić information content (AvgIpc) is 2.65. The van der Waals surface area contributed by atoms with Gasteiger partial charge in [0.05, 0.1) is 0 Å². The number of rotatable bonds is 7. The Morgan fingerprint density at radius 3 is 1.88 bits per heavy atom. The fraction of sp³-hybridized carbons (Fsp3) is 0.739. The van der Waals surface area contributed by atoms with Crippen molar-refractivity contribution in [1.29, 1.82) is 0 Å². The molecule has 140 valence electrons. The van der Waals surface area contributed by atoms with Crippen LogP contribution in [-0.2, 0) is 13.0 Å². The lowest BCUT2D eigenvalue weighted by Crippen LogP contribution is -2.33. The zero-order valence-corrected chi connectivity index (χ0v) is 16.6. The van der Waals surface area contributed by atoms with Gasteiger partial charge in [-0.2, -0.15) is 0 Å². The number of aryl methyl sites for hydroxylation is 1. The molecule has 0 spiro atoms. The van der Waals surface area contributed by atoms with Crippen molar-refractivity contribution in [2.24, 2.45) is 11.8 Å². The molecule has 0 amide bonds. The highest BCUT2D eigenvalue weighted by Gasteiger charge is 2.20. The summed E-state index contributed by atoms with van der Waals surface area (Å²) in [6.07, 6.45) is 11.3. The molecule has 2 heterocycles. The summed E-state index contributed by atoms with van der Waals surface area (Å²) in [5, 5.41) is 0. The summed E-state index contributed by atoms with van der Waals surface area (Å²) in [6, 6.07) is 9.25. The van der Waals surface area contributed by atoms with Crippen LogP contribution < -0.4 is 0 Å². The van der Waals surface area contributed by atoms with Crippen molar-refractivity contribution in [3.05, 3.63) is 35.4 Å². The lowest BCUT2D eigenvalue weighted by molar-refractivity contribution is 0.165. The van der Waals surface area contributed by atoms with Gasteiger partial charge in [-0.05, 0) is 88.3 Å². The van der Waals surface area contributed by atoms with E-state index in [0.29, 0.717) is 0 Å². The number of piperidine rings is 2. The third-order valence-electron chi connectivity index (χ3n) is 6.61. The highest BCUT2D eigenvalue weighted by Crippen LogP contribution is 2.27. The third kappa shape index (κ3) is 6.11. The maximum atomic E-state index is 2.66. The summed E-state index contributed by atoms with van der Waals surface area (Å²) in [7, 11) is 2.27. The van der Waals surface area contributed by atoms with Crippen LogP contribution in [0.4, 0.5) is 0 Å². The van der Waals surface area contributed by atoms with Crippen LogP contribution in [0.2, 0.25) is 0 Å². The van der Waals surface area contributed by atoms with Gasteiger partial charge >= 0.3 is 0 Å². The fourth-order valence-corrected chi connectivity index (χ4v) is 4.62. The molecule has 0 unspecified atom stereocenters. The van der Waals surface area contributed by atoms with Crippen molar-refractivity contribution in [2.45, 2.75) is 64.8 Å². The molecular formula is C23H38N2. The Hall–Kier alpha value is -0.860. The SMILES string of the molecule is CCc1ccc(CN2CCC(CCCC3CCN(C)CC3)CC2)cc1. The zero-order chi connectivity index (χ0) is 17.5. The molecule has 0 aromatic heterocycles. The summed E-state index contributed by atoms with van der Waals surface area (Å²) >= 11 is 0. The predicted octanol–water partition coefficient (Wildman–Crippen LogP) is 4.97. The molecule has 2 heteroatoms. The quantitative estimate of drug-likeness (QED) is 0.690. The first-order valence-electron chi connectivity index (χ1n) is 10.7. The van der Waals surface area contributed by atoms with Gasteiger partial charge in [0, 0.05) is 6.54 Å². The predicted molar refractivity (Wildman–Crippen MR) is 108 cm³/mol. The van der Waals surface area contributed by atoms with Crippen LogP contribution in [0.1, 0.15) is 63.0 Å². The monoisotopic (exact) mass is 342 g/mol. The van der Waals surface area contributed by atoms with Crippen LogP contribution >= 0.6 is 0 Å². The van der Waals surface area contributed by atoms with Gasteiger partial charge in [0.25, 0.3) is 0 Å². The maximum Gasteiger partial charge on any atom is 0.0233 e. The van der Waals surface area contributed by atoms with Crippen molar-refractivity contribution in [3.8, 4) is 0 Å². The number of likely N-dealkylation sites (tertiary alicyclic amines) is 2. The topological polar surface area (TPSA) is 6.48 Å². The normalized spacial score (nSPS) is 21.7. The van der Waals surface area contributed by atoms with Crippen LogP contribution in [0, 0.1) is 11.8 Å². The van der Waals surface area contributed by atoms with Crippen LogP contribution in [-0.4, -0.2) is 43.0 Å². The zero-order valence-electron chi connectivity index (χ0n) is 16.6. The van der Waals surface area contributed by atoms with Crippen LogP contribution in [0.25, 0.3) is 0 Å². The molecule has 1 aromatic carbocycles. The lowest BCUT2D eigenvalue weighted by atomic mass is 9.87. The molecule has 0 aliphatic carbocycles. The molecule has 3 rings (SSSR count). The van der Waals surface area contributed by atoms with Crippen LogP contribution in [0.5, 0.6) is 0 Å². The third-order valence-corrected chi connectivity index (χ3v) is 6.61. The Kier molecular flexibility index (Phi) is 7.36.